The fourth-order valence-corrected chi connectivity index (χ4v) is 2.57. The Balaban J connectivity index is 1.62. The monoisotopic (exact) mass is 358 g/mol. The van der Waals surface area contributed by atoms with Crippen molar-refractivity contribution in [3.05, 3.63) is 70.8 Å². The number of aryl methyl sites for hydroxylation is 2. The lowest BCUT2D eigenvalue weighted by Crippen LogP contribution is -2.12. The highest BCUT2D eigenvalue weighted by atomic mass is 35.5. The van der Waals surface area contributed by atoms with Crippen LogP contribution in [-0.4, -0.2) is 10.9 Å². The lowest BCUT2D eigenvalue weighted by Gasteiger charge is -2.05. The highest BCUT2D eigenvalue weighted by Crippen LogP contribution is 2.23. The first kappa shape index (κ1) is 17.2. The van der Waals surface area contributed by atoms with E-state index in [1.807, 2.05) is 37.3 Å². The number of hydrogen-bond acceptors (Lipinski definition) is 3. The van der Waals surface area contributed by atoms with E-state index < -0.39 is 5.82 Å². The van der Waals surface area contributed by atoms with Crippen LogP contribution in [0.25, 0.3) is 11.5 Å². The second kappa shape index (κ2) is 7.49. The quantitative estimate of drug-likeness (QED) is 0.697. The van der Waals surface area contributed by atoms with Gasteiger partial charge >= 0.3 is 0 Å². The van der Waals surface area contributed by atoms with Gasteiger partial charge in [-0.05, 0) is 37.3 Å². The second-order valence-electron chi connectivity index (χ2n) is 5.56. The lowest BCUT2D eigenvalue weighted by atomic mass is 10.2. The molecule has 0 atom stereocenters. The van der Waals surface area contributed by atoms with Crippen molar-refractivity contribution in [1.82, 2.24) is 4.98 Å². The first-order valence-corrected chi connectivity index (χ1v) is 8.17. The topological polar surface area (TPSA) is 55.1 Å². The molecule has 0 saturated carbocycles. The van der Waals surface area contributed by atoms with E-state index in [1.165, 1.54) is 18.2 Å². The molecule has 0 aliphatic rings. The van der Waals surface area contributed by atoms with Crippen LogP contribution >= 0.6 is 11.6 Å². The minimum absolute atomic E-state index is 0.0300. The van der Waals surface area contributed by atoms with Gasteiger partial charge in [0.25, 0.3) is 0 Å². The maximum atomic E-state index is 13.1. The summed E-state index contributed by atoms with van der Waals surface area (Å²) in [5, 5.41) is 2.66. The molecule has 0 saturated heterocycles. The van der Waals surface area contributed by atoms with Crippen molar-refractivity contribution in [3.63, 3.8) is 0 Å². The van der Waals surface area contributed by atoms with E-state index in [2.05, 4.69) is 10.3 Å². The molecule has 1 heterocycles. The Labute approximate surface area is 149 Å². The molecule has 0 bridgehead atoms. The summed E-state index contributed by atoms with van der Waals surface area (Å²) < 4.78 is 18.8. The summed E-state index contributed by atoms with van der Waals surface area (Å²) in [6.45, 7) is 1.83. The number of aromatic nitrogens is 1. The third kappa shape index (κ3) is 4.25. The maximum Gasteiger partial charge on any atom is 0.226 e. The second-order valence-corrected chi connectivity index (χ2v) is 5.97. The van der Waals surface area contributed by atoms with Crippen LogP contribution in [0.15, 0.2) is 52.9 Å². The van der Waals surface area contributed by atoms with Crippen LogP contribution in [0, 0.1) is 12.7 Å². The van der Waals surface area contributed by atoms with Crippen LogP contribution in [0.1, 0.15) is 17.9 Å². The van der Waals surface area contributed by atoms with Crippen molar-refractivity contribution >= 4 is 23.2 Å². The molecule has 1 aromatic heterocycles. The molecule has 0 spiro atoms. The van der Waals surface area contributed by atoms with E-state index in [0.29, 0.717) is 23.8 Å². The molecule has 6 heteroatoms. The van der Waals surface area contributed by atoms with E-state index in [9.17, 15) is 9.18 Å². The van der Waals surface area contributed by atoms with Crippen molar-refractivity contribution in [1.29, 1.82) is 0 Å². The number of oxazole rings is 1. The SMILES string of the molecule is Cc1oc(-c2ccccc2)nc1CCC(=O)Nc1ccc(F)c(Cl)c1. The number of benzene rings is 2. The van der Waals surface area contributed by atoms with Gasteiger partial charge in [-0.1, -0.05) is 29.8 Å². The number of carbonyl (C=O) groups excluding carboxylic acids is 1. The Morgan fingerprint density at radius 2 is 2.00 bits per heavy atom. The highest BCUT2D eigenvalue weighted by molar-refractivity contribution is 6.31. The molecule has 4 nitrogen and oxygen atoms in total. The van der Waals surface area contributed by atoms with Crippen molar-refractivity contribution in [2.45, 2.75) is 19.8 Å². The van der Waals surface area contributed by atoms with Gasteiger partial charge in [0.15, 0.2) is 0 Å². The average Bonchev–Trinajstić information content (AvgIpc) is 2.98. The van der Waals surface area contributed by atoms with E-state index in [0.717, 1.165) is 11.3 Å². The van der Waals surface area contributed by atoms with E-state index in [4.69, 9.17) is 16.0 Å². The molecular formula is C19H16ClFN2O2. The average molecular weight is 359 g/mol. The third-order valence-corrected chi connectivity index (χ3v) is 4.00. The van der Waals surface area contributed by atoms with Gasteiger partial charge in [-0.15, -0.1) is 0 Å². The fraction of sp³-hybridized carbons (Fsp3) is 0.158. The molecule has 25 heavy (non-hydrogen) atoms. The highest BCUT2D eigenvalue weighted by Gasteiger charge is 2.13. The van der Waals surface area contributed by atoms with Gasteiger partial charge in [0.05, 0.1) is 10.7 Å². The first-order chi connectivity index (χ1) is 12.0. The molecule has 2 aromatic carbocycles. The number of nitrogens with zero attached hydrogens (tertiary/aromatic N) is 1. The fourth-order valence-electron chi connectivity index (χ4n) is 2.39. The Bertz CT molecular complexity index is 894. The summed E-state index contributed by atoms with van der Waals surface area (Å²) in [4.78, 5) is 16.5. The van der Waals surface area contributed by atoms with Gasteiger partial charge in [0.2, 0.25) is 11.8 Å². The molecular weight excluding hydrogens is 343 g/mol. The van der Waals surface area contributed by atoms with Crippen LogP contribution in [0.2, 0.25) is 5.02 Å². The molecule has 0 fully saturated rings. The minimum Gasteiger partial charge on any atom is -0.441 e. The predicted octanol–water partition coefficient (Wildman–Crippen LogP) is 5.01. The Morgan fingerprint density at radius 3 is 2.72 bits per heavy atom. The van der Waals surface area contributed by atoms with Crippen molar-refractivity contribution in [3.8, 4) is 11.5 Å². The number of carbonyl (C=O) groups is 1. The summed E-state index contributed by atoms with van der Waals surface area (Å²) in [5.41, 5.74) is 2.09. The molecule has 128 valence electrons. The van der Waals surface area contributed by atoms with Gasteiger partial charge in [0, 0.05) is 24.1 Å². The van der Waals surface area contributed by atoms with Crippen molar-refractivity contribution in [2.75, 3.05) is 5.32 Å². The zero-order chi connectivity index (χ0) is 17.8. The minimum atomic E-state index is -0.522. The smallest absolute Gasteiger partial charge is 0.226 e. The third-order valence-electron chi connectivity index (χ3n) is 3.71. The molecule has 0 aliphatic heterocycles. The van der Waals surface area contributed by atoms with Crippen LogP contribution in [0.5, 0.6) is 0 Å². The lowest BCUT2D eigenvalue weighted by molar-refractivity contribution is -0.116. The van der Waals surface area contributed by atoms with Gasteiger partial charge in [-0.25, -0.2) is 9.37 Å². The number of anilines is 1. The number of rotatable bonds is 5. The molecule has 3 rings (SSSR count). The first-order valence-electron chi connectivity index (χ1n) is 7.79. The van der Waals surface area contributed by atoms with Crippen molar-refractivity contribution < 1.29 is 13.6 Å². The van der Waals surface area contributed by atoms with E-state index >= 15 is 0 Å². The van der Waals surface area contributed by atoms with Gasteiger partial charge in [-0.3, -0.25) is 4.79 Å². The van der Waals surface area contributed by atoms with Crippen LogP contribution < -0.4 is 5.32 Å². The number of nitrogens with one attached hydrogen (secondary N) is 1. The summed E-state index contributed by atoms with van der Waals surface area (Å²) in [7, 11) is 0. The molecule has 0 unspecified atom stereocenters. The molecule has 1 N–H and O–H groups in total. The van der Waals surface area contributed by atoms with E-state index in [-0.39, 0.29) is 17.4 Å². The zero-order valence-electron chi connectivity index (χ0n) is 13.6. The summed E-state index contributed by atoms with van der Waals surface area (Å²) in [5.74, 6) is 0.507. The Morgan fingerprint density at radius 1 is 1.24 bits per heavy atom. The predicted molar refractivity (Wildman–Crippen MR) is 95.0 cm³/mol. The summed E-state index contributed by atoms with van der Waals surface area (Å²) in [6.07, 6.45) is 0.680. The van der Waals surface area contributed by atoms with Crippen LogP contribution in [0.3, 0.4) is 0 Å². The normalized spacial score (nSPS) is 10.7. The van der Waals surface area contributed by atoms with Gasteiger partial charge < -0.3 is 9.73 Å². The van der Waals surface area contributed by atoms with Gasteiger partial charge in [-0.2, -0.15) is 0 Å². The zero-order valence-corrected chi connectivity index (χ0v) is 14.3. The largest absolute Gasteiger partial charge is 0.441 e. The summed E-state index contributed by atoms with van der Waals surface area (Å²) in [6, 6.07) is 13.6. The number of amides is 1. The van der Waals surface area contributed by atoms with Crippen molar-refractivity contribution in [2.24, 2.45) is 0 Å². The molecule has 0 aliphatic carbocycles. The Hall–Kier alpha value is -2.66. The standard InChI is InChI=1S/C19H16ClFN2O2/c1-12-17(23-19(25-12)13-5-3-2-4-6-13)9-10-18(24)22-14-7-8-16(21)15(20)11-14/h2-8,11H,9-10H2,1H3,(H,22,24). The number of hydrogen-bond donors (Lipinski definition) is 1. The Kier molecular flexibility index (Phi) is 5.14. The maximum absolute atomic E-state index is 13.1. The molecule has 0 radical (unpaired) electrons. The van der Waals surface area contributed by atoms with Crippen LogP contribution in [-0.2, 0) is 11.2 Å². The van der Waals surface area contributed by atoms with Gasteiger partial charge in [0.1, 0.15) is 11.6 Å². The summed E-state index contributed by atoms with van der Waals surface area (Å²) >= 11 is 5.70. The molecule has 1 amide bonds. The van der Waals surface area contributed by atoms with Crippen LogP contribution in [0.4, 0.5) is 10.1 Å². The molecule has 3 aromatic rings. The number of halogens is 2. The van der Waals surface area contributed by atoms with E-state index in [1.54, 1.807) is 0 Å².